The van der Waals surface area contributed by atoms with Crippen LogP contribution in [0.5, 0.6) is 0 Å². The molecule has 2 N–H and O–H groups in total. The van der Waals surface area contributed by atoms with Gasteiger partial charge in [0, 0.05) is 12.1 Å². The van der Waals surface area contributed by atoms with Crippen LogP contribution in [-0.4, -0.2) is 0 Å². The second-order valence-electron chi connectivity index (χ2n) is 4.39. The topological polar surface area (TPSA) is 26.0 Å². The zero-order valence-corrected chi connectivity index (χ0v) is 10.1. The number of benzene rings is 2. The van der Waals surface area contributed by atoms with Crippen molar-refractivity contribution in [2.45, 2.75) is 20.4 Å². The number of hydrogen-bond acceptors (Lipinski definition) is 1. The number of aryl methyl sites for hydroxylation is 2. The summed E-state index contributed by atoms with van der Waals surface area (Å²) < 4.78 is 13.7. The summed E-state index contributed by atoms with van der Waals surface area (Å²) in [6.45, 7) is 4.32. The molecule has 88 valence electrons. The van der Waals surface area contributed by atoms with E-state index in [2.05, 4.69) is 18.2 Å². The van der Waals surface area contributed by atoms with E-state index in [-0.39, 0.29) is 12.4 Å². The average molecular weight is 229 g/mol. The molecule has 0 atom stereocenters. The molecule has 0 unspecified atom stereocenters. The first-order valence-corrected chi connectivity index (χ1v) is 5.67. The largest absolute Gasteiger partial charge is 0.326 e. The van der Waals surface area contributed by atoms with Crippen LogP contribution in [0.15, 0.2) is 36.4 Å². The van der Waals surface area contributed by atoms with E-state index in [9.17, 15) is 4.39 Å². The smallest absolute Gasteiger partial charge is 0.128 e. The summed E-state index contributed by atoms with van der Waals surface area (Å²) in [5, 5.41) is 0. The van der Waals surface area contributed by atoms with Crippen LogP contribution >= 0.6 is 0 Å². The molecule has 0 amide bonds. The lowest BCUT2D eigenvalue weighted by Crippen LogP contribution is -1.99. The van der Waals surface area contributed by atoms with Crippen LogP contribution < -0.4 is 5.73 Å². The summed E-state index contributed by atoms with van der Waals surface area (Å²) in [4.78, 5) is 0. The van der Waals surface area contributed by atoms with E-state index in [4.69, 9.17) is 5.73 Å². The van der Waals surface area contributed by atoms with Crippen molar-refractivity contribution in [3.63, 3.8) is 0 Å². The van der Waals surface area contributed by atoms with Gasteiger partial charge in [0.05, 0.1) is 0 Å². The zero-order valence-electron chi connectivity index (χ0n) is 10.1. The highest BCUT2D eigenvalue weighted by Gasteiger charge is 2.04. The van der Waals surface area contributed by atoms with Crippen molar-refractivity contribution in [3.05, 3.63) is 58.9 Å². The third kappa shape index (κ3) is 2.53. The minimum atomic E-state index is -0.232. The molecule has 0 aliphatic rings. The quantitative estimate of drug-likeness (QED) is 0.837. The van der Waals surface area contributed by atoms with E-state index < -0.39 is 0 Å². The normalized spacial score (nSPS) is 10.6. The van der Waals surface area contributed by atoms with Gasteiger partial charge in [-0.15, -0.1) is 0 Å². The third-order valence-corrected chi connectivity index (χ3v) is 2.83. The van der Waals surface area contributed by atoms with Crippen LogP contribution in [0, 0.1) is 19.7 Å². The summed E-state index contributed by atoms with van der Waals surface area (Å²) in [7, 11) is 0. The number of nitrogens with two attached hydrogens (primary N) is 1. The van der Waals surface area contributed by atoms with Crippen molar-refractivity contribution >= 4 is 0 Å². The van der Waals surface area contributed by atoms with Gasteiger partial charge in [0.15, 0.2) is 0 Å². The molecule has 2 aromatic carbocycles. The fourth-order valence-electron chi connectivity index (χ4n) is 2.03. The highest BCUT2D eigenvalue weighted by molar-refractivity contribution is 5.65. The highest BCUT2D eigenvalue weighted by Crippen LogP contribution is 2.24. The van der Waals surface area contributed by atoms with E-state index in [1.165, 1.54) is 11.1 Å². The maximum Gasteiger partial charge on any atom is 0.128 e. The molecule has 0 fully saturated rings. The molecular formula is C15H16FN. The lowest BCUT2D eigenvalue weighted by atomic mass is 9.99. The second-order valence-corrected chi connectivity index (χ2v) is 4.39. The van der Waals surface area contributed by atoms with Gasteiger partial charge in [0.25, 0.3) is 0 Å². The average Bonchev–Trinajstić information content (AvgIpc) is 2.27. The SMILES string of the molecule is Cc1cc(C)cc(-c2ccc(CN)c(F)c2)c1. The van der Waals surface area contributed by atoms with Gasteiger partial charge in [-0.25, -0.2) is 4.39 Å². The van der Waals surface area contributed by atoms with Gasteiger partial charge in [0.1, 0.15) is 5.82 Å². The molecule has 0 saturated heterocycles. The van der Waals surface area contributed by atoms with Crippen LogP contribution in [0.25, 0.3) is 11.1 Å². The Morgan fingerprint density at radius 2 is 1.59 bits per heavy atom. The zero-order chi connectivity index (χ0) is 12.4. The molecular weight excluding hydrogens is 213 g/mol. The van der Waals surface area contributed by atoms with Gasteiger partial charge in [-0.05, 0) is 31.0 Å². The molecule has 0 aromatic heterocycles. The van der Waals surface area contributed by atoms with E-state index in [0.29, 0.717) is 5.56 Å². The summed E-state index contributed by atoms with van der Waals surface area (Å²) in [5.41, 5.74) is 10.3. The summed E-state index contributed by atoms with van der Waals surface area (Å²) in [5.74, 6) is -0.232. The van der Waals surface area contributed by atoms with Crippen molar-refractivity contribution in [2.75, 3.05) is 0 Å². The third-order valence-electron chi connectivity index (χ3n) is 2.83. The Morgan fingerprint density at radius 3 is 2.12 bits per heavy atom. The van der Waals surface area contributed by atoms with Crippen molar-refractivity contribution in [3.8, 4) is 11.1 Å². The number of rotatable bonds is 2. The fraction of sp³-hybridized carbons (Fsp3) is 0.200. The Balaban J connectivity index is 2.49. The molecule has 2 aromatic rings. The van der Waals surface area contributed by atoms with Gasteiger partial charge < -0.3 is 5.73 Å². The minimum Gasteiger partial charge on any atom is -0.326 e. The molecule has 0 bridgehead atoms. The van der Waals surface area contributed by atoms with E-state index in [1.54, 1.807) is 12.1 Å². The molecule has 0 aliphatic carbocycles. The molecule has 2 heteroatoms. The Labute approximate surface area is 101 Å². The van der Waals surface area contributed by atoms with E-state index in [0.717, 1.165) is 11.1 Å². The van der Waals surface area contributed by atoms with Crippen LogP contribution in [0.4, 0.5) is 4.39 Å². The van der Waals surface area contributed by atoms with E-state index >= 15 is 0 Å². The first kappa shape index (κ1) is 11.8. The molecule has 1 nitrogen and oxygen atoms in total. The molecule has 0 radical (unpaired) electrons. The highest BCUT2D eigenvalue weighted by atomic mass is 19.1. The molecule has 0 saturated carbocycles. The second kappa shape index (κ2) is 4.68. The van der Waals surface area contributed by atoms with Crippen molar-refractivity contribution in [1.82, 2.24) is 0 Å². The summed E-state index contributed by atoms with van der Waals surface area (Å²) in [6.07, 6.45) is 0. The van der Waals surface area contributed by atoms with Crippen LogP contribution in [0.3, 0.4) is 0 Å². The lowest BCUT2D eigenvalue weighted by Gasteiger charge is -2.07. The molecule has 0 aliphatic heterocycles. The summed E-state index contributed by atoms with van der Waals surface area (Å²) in [6, 6.07) is 11.4. The van der Waals surface area contributed by atoms with Crippen LogP contribution in [0.1, 0.15) is 16.7 Å². The van der Waals surface area contributed by atoms with Crippen molar-refractivity contribution in [1.29, 1.82) is 0 Å². The monoisotopic (exact) mass is 229 g/mol. The Kier molecular flexibility index (Phi) is 3.25. The molecule has 2 rings (SSSR count). The Morgan fingerprint density at radius 1 is 0.941 bits per heavy atom. The van der Waals surface area contributed by atoms with Crippen molar-refractivity contribution in [2.24, 2.45) is 5.73 Å². The molecule has 17 heavy (non-hydrogen) atoms. The predicted molar refractivity (Wildman–Crippen MR) is 69.2 cm³/mol. The van der Waals surface area contributed by atoms with Crippen molar-refractivity contribution < 1.29 is 4.39 Å². The Hall–Kier alpha value is -1.67. The molecule has 0 heterocycles. The van der Waals surface area contributed by atoms with Gasteiger partial charge >= 0.3 is 0 Å². The summed E-state index contributed by atoms with van der Waals surface area (Å²) >= 11 is 0. The minimum absolute atomic E-state index is 0.232. The maximum atomic E-state index is 13.7. The van der Waals surface area contributed by atoms with Crippen LogP contribution in [-0.2, 0) is 6.54 Å². The maximum absolute atomic E-state index is 13.7. The number of hydrogen-bond donors (Lipinski definition) is 1. The first-order chi connectivity index (χ1) is 8.10. The van der Waals surface area contributed by atoms with Crippen LogP contribution in [0.2, 0.25) is 0 Å². The number of halogens is 1. The first-order valence-electron chi connectivity index (χ1n) is 5.67. The van der Waals surface area contributed by atoms with Gasteiger partial charge in [-0.2, -0.15) is 0 Å². The lowest BCUT2D eigenvalue weighted by molar-refractivity contribution is 0.611. The predicted octanol–water partition coefficient (Wildman–Crippen LogP) is 3.57. The van der Waals surface area contributed by atoms with E-state index in [1.807, 2.05) is 19.9 Å². The van der Waals surface area contributed by atoms with Gasteiger partial charge in [0.2, 0.25) is 0 Å². The fourth-order valence-corrected chi connectivity index (χ4v) is 2.03. The van der Waals surface area contributed by atoms with Gasteiger partial charge in [-0.3, -0.25) is 0 Å². The Bertz CT molecular complexity index is 526. The van der Waals surface area contributed by atoms with Gasteiger partial charge in [-0.1, -0.05) is 41.5 Å². The molecule has 0 spiro atoms. The standard InChI is InChI=1S/C15H16FN/c1-10-5-11(2)7-14(6-10)12-3-4-13(9-17)15(16)8-12/h3-8H,9,17H2,1-2H3.